The Morgan fingerprint density at radius 2 is 0.846 bits per heavy atom. The van der Waals surface area contributed by atoms with Gasteiger partial charge in [-0.2, -0.15) is 0 Å². The molecule has 5 nitrogen and oxygen atoms in total. The van der Waals surface area contributed by atoms with Crippen molar-refractivity contribution in [3.05, 3.63) is 0 Å². The van der Waals surface area contributed by atoms with E-state index in [1.807, 2.05) is 27.7 Å². The Hall–Kier alpha value is -0.490. The van der Waals surface area contributed by atoms with Gasteiger partial charge >= 0.3 is 0 Å². The quantitative estimate of drug-likeness (QED) is 0.358. The molecular weight excluding hydrogens is 332 g/mol. The summed E-state index contributed by atoms with van der Waals surface area (Å²) in [5.74, 6) is 0.178. The fourth-order valence-electron chi connectivity index (χ4n) is 3.57. The van der Waals surface area contributed by atoms with Gasteiger partial charge in [-0.1, -0.05) is 26.7 Å². The molecule has 5 heteroatoms. The van der Waals surface area contributed by atoms with Crippen LogP contribution in [0.25, 0.3) is 0 Å². The SMILES string of the molecule is CCCC(COCC)(COCC)C(=O)C(CCC)(COCC)COCC. The van der Waals surface area contributed by atoms with E-state index in [0.717, 1.165) is 25.7 Å². The van der Waals surface area contributed by atoms with Crippen molar-refractivity contribution in [2.45, 2.75) is 67.2 Å². The Kier molecular flexibility index (Phi) is 14.3. The molecule has 0 aliphatic heterocycles. The summed E-state index contributed by atoms with van der Waals surface area (Å²) in [5, 5.41) is 0. The second-order valence-corrected chi connectivity index (χ2v) is 6.94. The molecule has 0 spiro atoms. The van der Waals surface area contributed by atoms with Crippen molar-refractivity contribution in [1.82, 2.24) is 0 Å². The van der Waals surface area contributed by atoms with Gasteiger partial charge in [0, 0.05) is 26.4 Å². The van der Waals surface area contributed by atoms with E-state index < -0.39 is 10.8 Å². The van der Waals surface area contributed by atoms with Gasteiger partial charge in [0.15, 0.2) is 5.78 Å². The Balaban J connectivity index is 5.90. The Morgan fingerprint density at radius 1 is 0.577 bits per heavy atom. The Labute approximate surface area is 161 Å². The van der Waals surface area contributed by atoms with E-state index in [1.54, 1.807) is 0 Å². The molecule has 0 aromatic carbocycles. The number of Topliss-reactive ketones (excluding diaryl/α,β-unsaturated/α-hetero) is 1. The third kappa shape index (κ3) is 7.63. The molecule has 0 bridgehead atoms. The molecule has 26 heavy (non-hydrogen) atoms. The number of rotatable bonds is 18. The predicted octanol–water partition coefficient (Wildman–Crippen LogP) is 4.27. The van der Waals surface area contributed by atoms with E-state index in [4.69, 9.17) is 18.9 Å². The number of carbonyl (C=O) groups is 1. The standard InChI is InChI=1S/C21H42O5/c1-7-13-20(15-23-9-3,16-24-10-4)19(22)21(14-8-2,17-25-11-5)18-26-12-6/h7-18H2,1-6H3. The van der Waals surface area contributed by atoms with Crippen LogP contribution in [0.15, 0.2) is 0 Å². The first kappa shape index (κ1) is 25.5. The second kappa shape index (κ2) is 14.6. The molecule has 0 aromatic rings. The average Bonchev–Trinajstić information content (AvgIpc) is 2.66. The maximum atomic E-state index is 14.0. The maximum Gasteiger partial charge on any atom is 0.154 e. The zero-order chi connectivity index (χ0) is 19.9. The highest BCUT2D eigenvalue weighted by Gasteiger charge is 2.50. The molecule has 0 heterocycles. The summed E-state index contributed by atoms with van der Waals surface area (Å²) in [4.78, 5) is 14.0. The van der Waals surface area contributed by atoms with Gasteiger partial charge in [-0.15, -0.1) is 0 Å². The van der Waals surface area contributed by atoms with Crippen LogP contribution >= 0.6 is 0 Å². The average molecular weight is 375 g/mol. The van der Waals surface area contributed by atoms with Crippen molar-refractivity contribution in [3.8, 4) is 0 Å². The van der Waals surface area contributed by atoms with Gasteiger partial charge < -0.3 is 18.9 Å². The van der Waals surface area contributed by atoms with Gasteiger partial charge in [0.05, 0.1) is 37.3 Å². The van der Waals surface area contributed by atoms with Gasteiger partial charge in [0.1, 0.15) is 0 Å². The van der Waals surface area contributed by atoms with Gasteiger partial charge in [-0.25, -0.2) is 0 Å². The van der Waals surface area contributed by atoms with Crippen molar-refractivity contribution in [2.75, 3.05) is 52.9 Å². The van der Waals surface area contributed by atoms with Crippen LogP contribution in [0.5, 0.6) is 0 Å². The Morgan fingerprint density at radius 3 is 1.04 bits per heavy atom. The molecule has 0 atom stereocenters. The minimum absolute atomic E-state index is 0.178. The molecule has 0 saturated carbocycles. The van der Waals surface area contributed by atoms with E-state index in [9.17, 15) is 4.79 Å². The molecule has 0 radical (unpaired) electrons. The number of hydrogen-bond acceptors (Lipinski definition) is 5. The monoisotopic (exact) mass is 374 g/mol. The second-order valence-electron chi connectivity index (χ2n) is 6.94. The predicted molar refractivity (Wildman–Crippen MR) is 106 cm³/mol. The third-order valence-corrected chi connectivity index (χ3v) is 4.75. The number of ketones is 1. The normalized spacial score (nSPS) is 12.5. The lowest BCUT2D eigenvalue weighted by atomic mass is 9.66. The minimum Gasteiger partial charge on any atom is -0.381 e. The lowest BCUT2D eigenvalue weighted by Gasteiger charge is -2.41. The van der Waals surface area contributed by atoms with Crippen molar-refractivity contribution in [3.63, 3.8) is 0 Å². The fraction of sp³-hybridized carbons (Fsp3) is 0.952. The van der Waals surface area contributed by atoms with E-state index in [-0.39, 0.29) is 5.78 Å². The number of ether oxygens (including phenoxy) is 4. The number of hydrogen-bond donors (Lipinski definition) is 0. The third-order valence-electron chi connectivity index (χ3n) is 4.75. The summed E-state index contributed by atoms with van der Waals surface area (Å²) < 4.78 is 23.1. The summed E-state index contributed by atoms with van der Waals surface area (Å²) in [6.45, 7) is 15.9. The van der Waals surface area contributed by atoms with Crippen LogP contribution in [-0.4, -0.2) is 58.6 Å². The molecule has 0 unspecified atom stereocenters. The highest BCUT2D eigenvalue weighted by molar-refractivity contribution is 5.91. The van der Waals surface area contributed by atoms with E-state index in [2.05, 4.69) is 13.8 Å². The van der Waals surface area contributed by atoms with Crippen molar-refractivity contribution < 1.29 is 23.7 Å². The van der Waals surface area contributed by atoms with E-state index in [1.165, 1.54) is 0 Å². The van der Waals surface area contributed by atoms with Crippen LogP contribution in [0.3, 0.4) is 0 Å². The smallest absolute Gasteiger partial charge is 0.154 e. The summed E-state index contributed by atoms with van der Waals surface area (Å²) >= 11 is 0. The van der Waals surface area contributed by atoms with Crippen LogP contribution in [0, 0.1) is 10.8 Å². The van der Waals surface area contributed by atoms with Crippen LogP contribution in [0.4, 0.5) is 0 Å². The lowest BCUT2D eigenvalue weighted by molar-refractivity contribution is -0.158. The van der Waals surface area contributed by atoms with E-state index >= 15 is 0 Å². The highest BCUT2D eigenvalue weighted by atomic mass is 16.5. The van der Waals surface area contributed by atoms with E-state index in [0.29, 0.717) is 52.9 Å². The molecule has 0 fully saturated rings. The topological polar surface area (TPSA) is 54.0 Å². The maximum absolute atomic E-state index is 14.0. The first-order valence-electron chi connectivity index (χ1n) is 10.4. The zero-order valence-corrected chi connectivity index (χ0v) is 18.0. The largest absolute Gasteiger partial charge is 0.381 e. The molecule has 0 aromatic heterocycles. The summed E-state index contributed by atoms with van der Waals surface area (Å²) in [6.07, 6.45) is 3.29. The van der Waals surface area contributed by atoms with Gasteiger partial charge in [-0.05, 0) is 40.5 Å². The molecular formula is C21H42O5. The van der Waals surface area contributed by atoms with Crippen LogP contribution in [0.1, 0.15) is 67.2 Å². The van der Waals surface area contributed by atoms with Crippen molar-refractivity contribution in [1.29, 1.82) is 0 Å². The summed E-state index contributed by atoms with van der Waals surface area (Å²) in [5.41, 5.74) is -1.30. The summed E-state index contributed by atoms with van der Waals surface area (Å²) in [6, 6.07) is 0. The molecule has 0 rings (SSSR count). The molecule has 0 amide bonds. The first-order chi connectivity index (χ1) is 12.5. The van der Waals surface area contributed by atoms with Crippen LogP contribution in [0.2, 0.25) is 0 Å². The summed E-state index contributed by atoms with van der Waals surface area (Å²) in [7, 11) is 0. The van der Waals surface area contributed by atoms with Crippen LogP contribution < -0.4 is 0 Å². The minimum atomic E-state index is -0.649. The van der Waals surface area contributed by atoms with Gasteiger partial charge in [0.2, 0.25) is 0 Å². The molecule has 156 valence electrons. The number of carbonyl (C=O) groups excluding carboxylic acids is 1. The first-order valence-corrected chi connectivity index (χ1v) is 10.4. The molecule has 0 aliphatic carbocycles. The fourth-order valence-corrected chi connectivity index (χ4v) is 3.57. The molecule has 0 saturated heterocycles. The molecule has 0 N–H and O–H groups in total. The van der Waals surface area contributed by atoms with Gasteiger partial charge in [0.25, 0.3) is 0 Å². The van der Waals surface area contributed by atoms with Crippen molar-refractivity contribution >= 4 is 5.78 Å². The van der Waals surface area contributed by atoms with Gasteiger partial charge in [-0.3, -0.25) is 4.79 Å². The van der Waals surface area contributed by atoms with Crippen LogP contribution in [-0.2, 0) is 23.7 Å². The lowest BCUT2D eigenvalue weighted by Crippen LogP contribution is -2.53. The van der Waals surface area contributed by atoms with Crippen molar-refractivity contribution in [2.24, 2.45) is 10.8 Å². The Bertz CT molecular complexity index is 308. The highest BCUT2D eigenvalue weighted by Crippen LogP contribution is 2.39. The zero-order valence-electron chi connectivity index (χ0n) is 18.0. The molecule has 0 aliphatic rings.